The Hall–Kier alpha value is -2.14. The lowest BCUT2D eigenvalue weighted by atomic mass is 9.93. The fourth-order valence-electron chi connectivity index (χ4n) is 3.40. The lowest BCUT2D eigenvalue weighted by Gasteiger charge is -2.22. The van der Waals surface area contributed by atoms with Crippen LogP contribution in [-0.4, -0.2) is 35.5 Å². The Bertz CT molecular complexity index is 1020. The molecule has 4 nitrogen and oxygen atoms in total. The van der Waals surface area contributed by atoms with Crippen molar-refractivity contribution in [3.63, 3.8) is 0 Å². The molecule has 0 saturated heterocycles. The van der Waals surface area contributed by atoms with Crippen molar-refractivity contribution in [3.05, 3.63) is 63.8 Å². The minimum Gasteiger partial charge on any atom is -0.462 e. The number of ether oxygens (including phenoxy) is 1. The summed E-state index contributed by atoms with van der Waals surface area (Å²) >= 11 is 12.4. The van der Waals surface area contributed by atoms with Gasteiger partial charge in [0.15, 0.2) is 0 Å². The summed E-state index contributed by atoms with van der Waals surface area (Å²) in [5.41, 5.74) is 3.61. The monoisotopic (exact) mass is 430 g/mol. The first-order valence-corrected chi connectivity index (χ1v) is 10.5. The molecule has 0 saturated carbocycles. The number of carbonyl (C=O) groups excluding carboxylic acids is 1. The summed E-state index contributed by atoms with van der Waals surface area (Å²) in [6.07, 6.45) is 0. The second kappa shape index (κ2) is 9.57. The van der Waals surface area contributed by atoms with Crippen molar-refractivity contribution in [2.75, 3.05) is 19.7 Å². The summed E-state index contributed by atoms with van der Waals surface area (Å²) < 4.78 is 5.43. The van der Waals surface area contributed by atoms with Gasteiger partial charge in [-0.15, -0.1) is 0 Å². The zero-order valence-corrected chi connectivity index (χ0v) is 18.3. The Morgan fingerprint density at radius 2 is 1.66 bits per heavy atom. The number of pyridine rings is 1. The summed E-state index contributed by atoms with van der Waals surface area (Å²) in [4.78, 5) is 20.1. The van der Waals surface area contributed by atoms with Crippen molar-refractivity contribution in [2.24, 2.45) is 0 Å². The maximum absolute atomic E-state index is 13.1. The smallest absolute Gasteiger partial charge is 0.340 e. The van der Waals surface area contributed by atoms with Crippen LogP contribution < -0.4 is 0 Å². The van der Waals surface area contributed by atoms with Crippen molar-refractivity contribution in [2.45, 2.75) is 27.3 Å². The van der Waals surface area contributed by atoms with Crippen LogP contribution in [-0.2, 0) is 11.3 Å². The van der Waals surface area contributed by atoms with Gasteiger partial charge in [-0.05, 0) is 55.9 Å². The summed E-state index contributed by atoms with van der Waals surface area (Å²) in [6.45, 7) is 8.54. The number of halogens is 2. The van der Waals surface area contributed by atoms with E-state index in [9.17, 15) is 4.79 Å². The van der Waals surface area contributed by atoms with E-state index < -0.39 is 0 Å². The highest BCUT2D eigenvalue weighted by atomic mass is 35.5. The first-order chi connectivity index (χ1) is 14.0. The van der Waals surface area contributed by atoms with Gasteiger partial charge in [0.25, 0.3) is 0 Å². The number of carbonyl (C=O) groups is 1. The van der Waals surface area contributed by atoms with Gasteiger partial charge in [-0.1, -0.05) is 49.2 Å². The van der Waals surface area contributed by atoms with Crippen LogP contribution in [0.4, 0.5) is 0 Å². The molecule has 152 valence electrons. The number of hydrogen-bond donors (Lipinski definition) is 0. The van der Waals surface area contributed by atoms with Crippen LogP contribution in [0.25, 0.3) is 22.0 Å². The van der Waals surface area contributed by atoms with Crippen LogP contribution in [0.5, 0.6) is 0 Å². The summed E-state index contributed by atoms with van der Waals surface area (Å²) in [7, 11) is 0. The Kier molecular flexibility index (Phi) is 7.12. The highest BCUT2D eigenvalue weighted by Gasteiger charge is 2.24. The zero-order valence-electron chi connectivity index (χ0n) is 16.8. The maximum atomic E-state index is 13.1. The molecule has 0 spiro atoms. The molecule has 0 N–H and O–H groups in total. The van der Waals surface area contributed by atoms with E-state index in [4.69, 9.17) is 32.9 Å². The fourth-order valence-corrected chi connectivity index (χ4v) is 3.70. The van der Waals surface area contributed by atoms with E-state index >= 15 is 0 Å². The van der Waals surface area contributed by atoms with Gasteiger partial charge in [-0.3, -0.25) is 9.88 Å². The molecular weight excluding hydrogens is 407 g/mol. The van der Waals surface area contributed by atoms with Crippen molar-refractivity contribution in [3.8, 4) is 11.1 Å². The summed E-state index contributed by atoms with van der Waals surface area (Å²) in [5, 5.41) is 2.03. The van der Waals surface area contributed by atoms with Crippen LogP contribution in [0.2, 0.25) is 10.0 Å². The third-order valence-corrected chi connectivity index (χ3v) is 5.39. The van der Waals surface area contributed by atoms with Gasteiger partial charge in [0.2, 0.25) is 0 Å². The number of aromatic nitrogens is 1. The minimum absolute atomic E-state index is 0.289. The van der Waals surface area contributed by atoms with Crippen LogP contribution in [0.1, 0.15) is 36.8 Å². The summed E-state index contributed by atoms with van der Waals surface area (Å²) in [6, 6.07) is 13.0. The first-order valence-electron chi connectivity index (χ1n) is 9.76. The molecule has 0 fully saturated rings. The van der Waals surface area contributed by atoms with E-state index in [-0.39, 0.29) is 12.6 Å². The molecule has 0 aliphatic carbocycles. The van der Waals surface area contributed by atoms with Crippen LogP contribution >= 0.6 is 23.2 Å². The predicted molar refractivity (Wildman–Crippen MR) is 120 cm³/mol. The third kappa shape index (κ3) is 4.72. The average molecular weight is 431 g/mol. The van der Waals surface area contributed by atoms with Crippen molar-refractivity contribution >= 4 is 40.1 Å². The van der Waals surface area contributed by atoms with Gasteiger partial charge in [0.05, 0.1) is 23.4 Å². The van der Waals surface area contributed by atoms with Gasteiger partial charge >= 0.3 is 5.97 Å². The Morgan fingerprint density at radius 1 is 1.00 bits per heavy atom. The lowest BCUT2D eigenvalue weighted by molar-refractivity contribution is 0.0524. The van der Waals surface area contributed by atoms with E-state index in [1.807, 2.05) is 42.5 Å². The van der Waals surface area contributed by atoms with E-state index in [0.717, 1.165) is 35.1 Å². The summed E-state index contributed by atoms with van der Waals surface area (Å²) in [5.74, 6) is -0.381. The number of esters is 1. The van der Waals surface area contributed by atoms with Gasteiger partial charge < -0.3 is 4.74 Å². The van der Waals surface area contributed by atoms with Gasteiger partial charge in [-0.2, -0.15) is 0 Å². The van der Waals surface area contributed by atoms with Crippen molar-refractivity contribution < 1.29 is 9.53 Å². The van der Waals surface area contributed by atoms with Gasteiger partial charge in [0.1, 0.15) is 0 Å². The van der Waals surface area contributed by atoms with E-state index in [1.54, 1.807) is 6.92 Å². The molecule has 0 unspecified atom stereocenters. The lowest BCUT2D eigenvalue weighted by Crippen LogP contribution is -2.25. The molecular formula is C23H24Cl2N2O2. The molecule has 29 heavy (non-hydrogen) atoms. The number of nitrogens with zero attached hydrogens (tertiary/aromatic N) is 2. The van der Waals surface area contributed by atoms with Crippen molar-refractivity contribution in [1.82, 2.24) is 9.88 Å². The normalized spacial score (nSPS) is 11.2. The van der Waals surface area contributed by atoms with Gasteiger partial charge in [0, 0.05) is 27.5 Å². The fraction of sp³-hybridized carbons (Fsp3) is 0.304. The van der Waals surface area contributed by atoms with E-state index in [2.05, 4.69) is 18.7 Å². The molecule has 6 heteroatoms. The molecule has 3 aromatic rings. The Labute approximate surface area is 181 Å². The Balaban J connectivity index is 2.37. The molecule has 0 radical (unpaired) electrons. The molecule has 0 aliphatic rings. The van der Waals surface area contributed by atoms with E-state index in [0.29, 0.717) is 27.8 Å². The average Bonchev–Trinajstić information content (AvgIpc) is 2.72. The van der Waals surface area contributed by atoms with Crippen LogP contribution in [0, 0.1) is 0 Å². The third-order valence-electron chi connectivity index (χ3n) is 4.90. The van der Waals surface area contributed by atoms with Gasteiger partial charge in [-0.25, -0.2) is 4.79 Å². The quantitative estimate of drug-likeness (QED) is 0.416. The van der Waals surface area contributed by atoms with Crippen LogP contribution in [0.15, 0.2) is 42.5 Å². The first kappa shape index (κ1) is 21.6. The second-order valence-electron chi connectivity index (χ2n) is 6.66. The standard InChI is InChI=1S/C23H24Cl2N2O2/c1-4-27(5-2)14-20-22(23(28)29-6-3)21(15-7-9-16(24)10-8-15)18-13-17(25)11-12-19(18)26-20/h7-13H,4-6,14H2,1-3H3. The second-order valence-corrected chi connectivity index (χ2v) is 7.53. The highest BCUT2D eigenvalue weighted by Crippen LogP contribution is 2.36. The molecule has 3 rings (SSSR count). The maximum Gasteiger partial charge on any atom is 0.340 e. The largest absolute Gasteiger partial charge is 0.462 e. The minimum atomic E-state index is -0.381. The molecule has 2 aromatic carbocycles. The molecule has 0 aliphatic heterocycles. The molecule has 1 heterocycles. The molecule has 1 aromatic heterocycles. The number of hydrogen-bond acceptors (Lipinski definition) is 4. The Morgan fingerprint density at radius 3 is 2.28 bits per heavy atom. The molecule has 0 atom stereocenters. The molecule has 0 bridgehead atoms. The van der Waals surface area contributed by atoms with E-state index in [1.165, 1.54) is 0 Å². The zero-order chi connectivity index (χ0) is 21.0. The van der Waals surface area contributed by atoms with Crippen molar-refractivity contribution in [1.29, 1.82) is 0 Å². The van der Waals surface area contributed by atoms with Crippen LogP contribution in [0.3, 0.4) is 0 Å². The number of rotatable bonds is 7. The topological polar surface area (TPSA) is 42.4 Å². The number of fused-ring (bicyclic) bond motifs is 1. The SMILES string of the molecule is CCOC(=O)c1c(CN(CC)CC)nc2ccc(Cl)cc2c1-c1ccc(Cl)cc1. The highest BCUT2D eigenvalue weighted by molar-refractivity contribution is 6.31. The predicted octanol–water partition coefficient (Wildman–Crippen LogP) is 6.23. The number of benzene rings is 2. The molecule has 0 amide bonds.